The molecule has 1 N–H and O–H groups in total. The van der Waals surface area contributed by atoms with Gasteiger partial charge in [-0.25, -0.2) is 4.68 Å². The van der Waals surface area contributed by atoms with Crippen molar-refractivity contribution in [2.24, 2.45) is 0 Å². The third kappa shape index (κ3) is 3.16. The standard InChI is InChI=1S/C17H19N3O4/c1-24-13-9-12(10-16(21)22)19(11-13)17(23)14-5-2-3-6-15(14)20-8-4-7-18-20/h2-8,12-13H,9-11H2,1H3,(H,21,22). The molecule has 1 aromatic heterocycles. The summed E-state index contributed by atoms with van der Waals surface area (Å²) in [6, 6.07) is 8.59. The number of rotatable bonds is 5. The number of nitrogens with zero attached hydrogens (tertiary/aromatic N) is 3. The first-order chi connectivity index (χ1) is 11.6. The largest absolute Gasteiger partial charge is 0.481 e. The summed E-state index contributed by atoms with van der Waals surface area (Å²) in [4.78, 5) is 25.8. The monoisotopic (exact) mass is 329 g/mol. The summed E-state index contributed by atoms with van der Waals surface area (Å²) < 4.78 is 6.97. The number of benzene rings is 1. The van der Waals surface area contributed by atoms with Gasteiger partial charge < -0.3 is 14.7 Å². The number of para-hydroxylation sites is 1. The van der Waals surface area contributed by atoms with Gasteiger partial charge in [0.05, 0.1) is 23.8 Å². The molecule has 2 unspecified atom stereocenters. The SMILES string of the molecule is COC1CC(CC(=O)O)N(C(=O)c2ccccc2-n2cccn2)C1. The maximum atomic E-state index is 13.1. The molecule has 1 aromatic carbocycles. The normalized spacial score (nSPS) is 20.3. The number of methoxy groups -OCH3 is 1. The summed E-state index contributed by atoms with van der Waals surface area (Å²) in [5, 5.41) is 13.3. The van der Waals surface area contributed by atoms with Gasteiger partial charge in [-0.1, -0.05) is 12.1 Å². The molecule has 126 valence electrons. The van der Waals surface area contributed by atoms with Crippen LogP contribution in [0, 0.1) is 0 Å². The van der Waals surface area contributed by atoms with Gasteiger partial charge >= 0.3 is 5.97 Å². The van der Waals surface area contributed by atoms with Crippen molar-refractivity contribution in [3.63, 3.8) is 0 Å². The van der Waals surface area contributed by atoms with E-state index >= 15 is 0 Å². The number of aromatic nitrogens is 2. The van der Waals surface area contributed by atoms with Crippen molar-refractivity contribution in [3.8, 4) is 5.69 Å². The zero-order valence-electron chi connectivity index (χ0n) is 13.3. The highest BCUT2D eigenvalue weighted by Crippen LogP contribution is 2.26. The fourth-order valence-corrected chi connectivity index (χ4v) is 3.11. The lowest BCUT2D eigenvalue weighted by atomic mass is 10.1. The number of amides is 1. The predicted molar refractivity (Wildman–Crippen MR) is 86.1 cm³/mol. The maximum Gasteiger partial charge on any atom is 0.305 e. The first-order valence-corrected chi connectivity index (χ1v) is 7.74. The van der Waals surface area contributed by atoms with Crippen LogP contribution in [0.5, 0.6) is 0 Å². The van der Waals surface area contributed by atoms with Crippen LogP contribution in [0.1, 0.15) is 23.2 Å². The number of hydrogen-bond donors (Lipinski definition) is 1. The predicted octanol–water partition coefficient (Wildman–Crippen LogP) is 1.58. The maximum absolute atomic E-state index is 13.1. The molecule has 1 aliphatic rings. The van der Waals surface area contributed by atoms with E-state index in [0.717, 1.165) is 0 Å². The second-order valence-corrected chi connectivity index (χ2v) is 5.77. The molecule has 7 heteroatoms. The van der Waals surface area contributed by atoms with E-state index in [1.165, 1.54) is 0 Å². The van der Waals surface area contributed by atoms with Gasteiger partial charge in [-0.3, -0.25) is 9.59 Å². The Balaban J connectivity index is 1.92. The molecule has 0 saturated carbocycles. The number of ether oxygens (including phenoxy) is 1. The van der Waals surface area contributed by atoms with E-state index in [-0.39, 0.29) is 24.5 Å². The van der Waals surface area contributed by atoms with E-state index in [1.807, 2.05) is 12.1 Å². The molecule has 1 aliphatic heterocycles. The zero-order valence-corrected chi connectivity index (χ0v) is 13.3. The van der Waals surface area contributed by atoms with Gasteiger partial charge in [0.1, 0.15) is 0 Å². The number of aliphatic carboxylic acids is 1. The molecule has 3 rings (SSSR count). The van der Waals surface area contributed by atoms with Gasteiger partial charge in [0.15, 0.2) is 0 Å². The highest BCUT2D eigenvalue weighted by Gasteiger charge is 2.37. The highest BCUT2D eigenvalue weighted by atomic mass is 16.5. The van der Waals surface area contributed by atoms with Crippen LogP contribution in [0.25, 0.3) is 5.69 Å². The van der Waals surface area contributed by atoms with Crippen molar-refractivity contribution >= 4 is 11.9 Å². The van der Waals surface area contributed by atoms with E-state index < -0.39 is 5.97 Å². The van der Waals surface area contributed by atoms with Gasteiger partial charge in [-0.2, -0.15) is 5.10 Å². The van der Waals surface area contributed by atoms with Gasteiger partial charge in [0.25, 0.3) is 5.91 Å². The summed E-state index contributed by atoms with van der Waals surface area (Å²) in [5.41, 5.74) is 1.16. The number of carbonyl (C=O) groups excluding carboxylic acids is 1. The van der Waals surface area contributed by atoms with Crippen LogP contribution in [-0.4, -0.2) is 57.5 Å². The van der Waals surface area contributed by atoms with Crippen LogP contribution >= 0.6 is 0 Å². The highest BCUT2D eigenvalue weighted by molar-refractivity contribution is 5.98. The van der Waals surface area contributed by atoms with Crippen molar-refractivity contribution < 1.29 is 19.4 Å². The smallest absolute Gasteiger partial charge is 0.305 e. The number of carboxylic acid groups (broad SMARTS) is 1. The lowest BCUT2D eigenvalue weighted by molar-refractivity contribution is -0.137. The molecule has 0 radical (unpaired) electrons. The molecule has 2 aromatic rings. The van der Waals surface area contributed by atoms with Crippen molar-refractivity contribution in [1.29, 1.82) is 0 Å². The molecular formula is C17H19N3O4. The summed E-state index contributed by atoms with van der Waals surface area (Å²) in [7, 11) is 1.58. The Morgan fingerprint density at radius 1 is 1.33 bits per heavy atom. The van der Waals surface area contributed by atoms with Gasteiger partial charge in [-0.05, 0) is 24.6 Å². The van der Waals surface area contributed by atoms with E-state index in [1.54, 1.807) is 47.3 Å². The van der Waals surface area contributed by atoms with E-state index in [0.29, 0.717) is 24.2 Å². The molecule has 0 aliphatic carbocycles. The van der Waals surface area contributed by atoms with Crippen LogP contribution in [0.2, 0.25) is 0 Å². The molecule has 0 spiro atoms. The van der Waals surface area contributed by atoms with Crippen LogP contribution in [0.15, 0.2) is 42.7 Å². The zero-order chi connectivity index (χ0) is 17.1. The topological polar surface area (TPSA) is 84.7 Å². The van der Waals surface area contributed by atoms with Crippen LogP contribution < -0.4 is 0 Å². The minimum Gasteiger partial charge on any atom is -0.481 e. The lowest BCUT2D eigenvalue weighted by Gasteiger charge is -2.24. The number of likely N-dealkylation sites (tertiary alicyclic amines) is 1. The molecule has 1 amide bonds. The van der Waals surface area contributed by atoms with E-state index in [4.69, 9.17) is 9.84 Å². The van der Waals surface area contributed by atoms with Crippen molar-refractivity contribution in [2.45, 2.75) is 25.0 Å². The lowest BCUT2D eigenvalue weighted by Crippen LogP contribution is -2.37. The first kappa shape index (κ1) is 16.2. The molecule has 24 heavy (non-hydrogen) atoms. The molecule has 1 saturated heterocycles. The number of carbonyl (C=O) groups is 2. The summed E-state index contributed by atoms with van der Waals surface area (Å²) in [6.45, 7) is 0.390. The van der Waals surface area contributed by atoms with E-state index in [2.05, 4.69) is 5.10 Å². The average Bonchev–Trinajstić information content (AvgIpc) is 3.23. The minimum absolute atomic E-state index is 0.0878. The molecule has 2 heterocycles. The van der Waals surface area contributed by atoms with Crippen LogP contribution in [0.3, 0.4) is 0 Å². The quantitative estimate of drug-likeness (QED) is 0.900. The third-order valence-electron chi connectivity index (χ3n) is 4.27. The molecule has 0 bridgehead atoms. The Hall–Kier alpha value is -2.67. The Morgan fingerprint density at radius 3 is 2.79 bits per heavy atom. The Morgan fingerprint density at radius 2 is 2.12 bits per heavy atom. The molecule has 2 atom stereocenters. The van der Waals surface area contributed by atoms with Gasteiger partial charge in [-0.15, -0.1) is 0 Å². The number of carboxylic acids is 1. The second-order valence-electron chi connectivity index (χ2n) is 5.77. The van der Waals surface area contributed by atoms with Crippen molar-refractivity contribution in [3.05, 3.63) is 48.3 Å². The Labute approximate surface area is 139 Å². The molecule has 1 fully saturated rings. The van der Waals surface area contributed by atoms with Crippen LogP contribution in [0.4, 0.5) is 0 Å². The fourth-order valence-electron chi connectivity index (χ4n) is 3.11. The third-order valence-corrected chi connectivity index (χ3v) is 4.27. The summed E-state index contributed by atoms with van der Waals surface area (Å²) in [6.07, 6.45) is 3.71. The first-order valence-electron chi connectivity index (χ1n) is 7.74. The van der Waals surface area contributed by atoms with Crippen molar-refractivity contribution in [2.75, 3.05) is 13.7 Å². The summed E-state index contributed by atoms with van der Waals surface area (Å²) >= 11 is 0. The second kappa shape index (κ2) is 6.84. The van der Waals surface area contributed by atoms with E-state index in [9.17, 15) is 9.59 Å². The fraction of sp³-hybridized carbons (Fsp3) is 0.353. The van der Waals surface area contributed by atoms with Gasteiger partial charge in [0.2, 0.25) is 0 Å². The molecular weight excluding hydrogens is 310 g/mol. The Kier molecular flexibility index (Phi) is 4.61. The minimum atomic E-state index is -0.921. The number of hydrogen-bond acceptors (Lipinski definition) is 4. The Bertz CT molecular complexity index is 729. The summed E-state index contributed by atoms with van der Waals surface area (Å²) in [5.74, 6) is -1.12. The van der Waals surface area contributed by atoms with Gasteiger partial charge in [0, 0.05) is 32.1 Å². The molecule has 7 nitrogen and oxygen atoms in total. The van der Waals surface area contributed by atoms with Crippen LogP contribution in [-0.2, 0) is 9.53 Å². The average molecular weight is 329 g/mol. The van der Waals surface area contributed by atoms with Crippen molar-refractivity contribution in [1.82, 2.24) is 14.7 Å².